The summed E-state index contributed by atoms with van der Waals surface area (Å²) in [6.45, 7) is 6.43. The van der Waals surface area contributed by atoms with E-state index in [1.165, 1.54) is 0 Å². The van der Waals surface area contributed by atoms with E-state index in [1.54, 1.807) is 0 Å². The van der Waals surface area contributed by atoms with Crippen molar-refractivity contribution in [3.05, 3.63) is 29.8 Å². The maximum absolute atomic E-state index is 11.9. The summed E-state index contributed by atoms with van der Waals surface area (Å²) in [4.78, 5) is 12.8. The van der Waals surface area contributed by atoms with Gasteiger partial charge in [0.25, 0.3) is 0 Å². The molecular formula is C15H23NOS. The molecule has 0 aliphatic heterocycles. The van der Waals surface area contributed by atoms with Gasteiger partial charge in [-0.25, -0.2) is 0 Å². The van der Waals surface area contributed by atoms with Crippen molar-refractivity contribution in [3.63, 3.8) is 0 Å². The summed E-state index contributed by atoms with van der Waals surface area (Å²) in [5.74, 6) is 0.662. The van der Waals surface area contributed by atoms with Crippen molar-refractivity contribution in [1.82, 2.24) is 5.32 Å². The summed E-state index contributed by atoms with van der Waals surface area (Å²) < 4.78 is 0. The monoisotopic (exact) mass is 265 g/mol. The van der Waals surface area contributed by atoms with Gasteiger partial charge in [0.1, 0.15) is 0 Å². The molecule has 1 aromatic rings. The second kappa shape index (κ2) is 7.47. The average molecular weight is 265 g/mol. The molecule has 0 aromatic heterocycles. The second-order valence-electron chi connectivity index (χ2n) is 4.78. The zero-order valence-electron chi connectivity index (χ0n) is 11.4. The third-order valence-corrected chi connectivity index (χ3v) is 3.74. The molecule has 1 atom stereocenters. The molecule has 0 aliphatic rings. The Bertz CT molecular complexity index is 371. The van der Waals surface area contributed by atoms with Gasteiger partial charge in [-0.3, -0.25) is 4.79 Å². The van der Waals surface area contributed by atoms with E-state index in [0.717, 1.165) is 23.3 Å². The first-order chi connectivity index (χ1) is 8.56. The van der Waals surface area contributed by atoms with Crippen molar-refractivity contribution in [1.29, 1.82) is 0 Å². The molecule has 0 saturated carbocycles. The fourth-order valence-corrected chi connectivity index (χ4v) is 2.37. The highest BCUT2D eigenvalue weighted by molar-refractivity contribution is 7.80. The van der Waals surface area contributed by atoms with E-state index >= 15 is 0 Å². The molecule has 0 bridgehead atoms. The number of benzene rings is 1. The molecule has 0 radical (unpaired) electrons. The van der Waals surface area contributed by atoms with E-state index in [2.05, 4.69) is 38.7 Å². The van der Waals surface area contributed by atoms with Crippen molar-refractivity contribution >= 4 is 18.5 Å². The summed E-state index contributed by atoms with van der Waals surface area (Å²) in [7, 11) is 0. The van der Waals surface area contributed by atoms with Gasteiger partial charge in [-0.1, -0.05) is 38.8 Å². The van der Waals surface area contributed by atoms with Crippen LogP contribution >= 0.6 is 12.6 Å². The second-order valence-corrected chi connectivity index (χ2v) is 5.29. The van der Waals surface area contributed by atoms with Gasteiger partial charge >= 0.3 is 0 Å². The van der Waals surface area contributed by atoms with Crippen LogP contribution in [0.1, 0.15) is 39.2 Å². The van der Waals surface area contributed by atoms with E-state index in [9.17, 15) is 4.79 Å². The molecule has 100 valence electrons. The largest absolute Gasteiger partial charge is 0.353 e. The standard InChI is InChI=1S/C15H23NOS/c1-4-13(5-2)11(3)16-15(17)10-12-6-8-14(18)9-7-12/h6-9,11,13,18H,4-5,10H2,1-3H3,(H,16,17). The zero-order valence-corrected chi connectivity index (χ0v) is 12.3. The first kappa shape index (κ1) is 15.1. The van der Waals surface area contributed by atoms with E-state index in [0.29, 0.717) is 12.3 Å². The van der Waals surface area contributed by atoms with Gasteiger partial charge in [0.15, 0.2) is 0 Å². The van der Waals surface area contributed by atoms with E-state index in [1.807, 2.05) is 24.3 Å². The van der Waals surface area contributed by atoms with Crippen LogP contribution in [0, 0.1) is 5.92 Å². The maximum atomic E-state index is 11.9. The minimum Gasteiger partial charge on any atom is -0.353 e. The summed E-state index contributed by atoms with van der Waals surface area (Å²) in [5, 5.41) is 3.09. The lowest BCUT2D eigenvalue weighted by molar-refractivity contribution is -0.121. The van der Waals surface area contributed by atoms with Crippen molar-refractivity contribution in [2.75, 3.05) is 0 Å². The van der Waals surface area contributed by atoms with Crippen LogP contribution in [0.3, 0.4) is 0 Å². The number of rotatable bonds is 6. The highest BCUT2D eigenvalue weighted by atomic mass is 32.1. The van der Waals surface area contributed by atoms with Crippen molar-refractivity contribution in [2.45, 2.75) is 51.0 Å². The predicted octanol–water partition coefficient (Wildman–Crippen LogP) is 3.46. The molecule has 0 aliphatic carbocycles. The fraction of sp³-hybridized carbons (Fsp3) is 0.533. The first-order valence-corrected chi connectivity index (χ1v) is 7.08. The van der Waals surface area contributed by atoms with E-state index in [-0.39, 0.29) is 11.9 Å². The van der Waals surface area contributed by atoms with Crippen molar-refractivity contribution in [2.24, 2.45) is 5.92 Å². The van der Waals surface area contributed by atoms with Crippen LogP contribution in [0.15, 0.2) is 29.2 Å². The molecular weight excluding hydrogens is 242 g/mol. The molecule has 0 saturated heterocycles. The molecule has 0 spiro atoms. The Morgan fingerprint density at radius 1 is 1.22 bits per heavy atom. The van der Waals surface area contributed by atoms with Gasteiger partial charge in [-0.05, 0) is 30.5 Å². The third kappa shape index (κ3) is 4.73. The Balaban J connectivity index is 2.48. The van der Waals surface area contributed by atoms with Gasteiger partial charge in [0, 0.05) is 10.9 Å². The summed E-state index contributed by atoms with van der Waals surface area (Å²) >= 11 is 4.23. The van der Waals surface area contributed by atoms with Gasteiger partial charge in [0.05, 0.1) is 6.42 Å². The lowest BCUT2D eigenvalue weighted by Crippen LogP contribution is -2.38. The van der Waals surface area contributed by atoms with Gasteiger partial charge in [0.2, 0.25) is 5.91 Å². The molecule has 18 heavy (non-hydrogen) atoms. The van der Waals surface area contributed by atoms with Gasteiger partial charge in [-0.2, -0.15) is 0 Å². The highest BCUT2D eigenvalue weighted by Gasteiger charge is 2.15. The van der Waals surface area contributed by atoms with Crippen molar-refractivity contribution < 1.29 is 4.79 Å². The molecule has 2 nitrogen and oxygen atoms in total. The minimum atomic E-state index is 0.0984. The van der Waals surface area contributed by atoms with E-state index in [4.69, 9.17) is 0 Å². The Morgan fingerprint density at radius 2 is 1.78 bits per heavy atom. The molecule has 1 rings (SSSR count). The van der Waals surface area contributed by atoms with Crippen molar-refractivity contribution in [3.8, 4) is 0 Å². The molecule has 1 N–H and O–H groups in total. The van der Waals surface area contributed by atoms with Gasteiger partial charge in [-0.15, -0.1) is 12.6 Å². The topological polar surface area (TPSA) is 29.1 Å². The first-order valence-electron chi connectivity index (χ1n) is 6.64. The van der Waals surface area contributed by atoms with Crippen LogP contribution in [0.4, 0.5) is 0 Å². The Kier molecular flexibility index (Phi) is 6.27. The molecule has 3 heteroatoms. The number of thiol groups is 1. The number of carbonyl (C=O) groups is 1. The average Bonchev–Trinajstić information content (AvgIpc) is 2.33. The summed E-state index contributed by atoms with van der Waals surface area (Å²) in [6, 6.07) is 7.97. The number of carbonyl (C=O) groups excluding carboxylic acids is 1. The highest BCUT2D eigenvalue weighted by Crippen LogP contribution is 2.13. The lowest BCUT2D eigenvalue weighted by atomic mass is 9.95. The smallest absolute Gasteiger partial charge is 0.224 e. The Morgan fingerprint density at radius 3 is 2.28 bits per heavy atom. The van der Waals surface area contributed by atoms with Crippen LogP contribution in [-0.4, -0.2) is 11.9 Å². The SMILES string of the molecule is CCC(CC)C(C)NC(=O)Cc1ccc(S)cc1. The number of hydrogen-bond donors (Lipinski definition) is 2. The van der Waals surface area contributed by atoms with Gasteiger partial charge < -0.3 is 5.32 Å². The number of nitrogens with one attached hydrogen (secondary N) is 1. The van der Waals surface area contributed by atoms with E-state index < -0.39 is 0 Å². The Labute approximate surface area is 116 Å². The maximum Gasteiger partial charge on any atom is 0.224 e. The van der Waals surface area contributed by atoms with Crippen LogP contribution in [0.2, 0.25) is 0 Å². The van der Waals surface area contributed by atoms with Crippen LogP contribution < -0.4 is 5.32 Å². The fourth-order valence-electron chi connectivity index (χ4n) is 2.22. The van der Waals surface area contributed by atoms with Crippen LogP contribution in [-0.2, 0) is 11.2 Å². The zero-order chi connectivity index (χ0) is 13.5. The molecule has 0 fully saturated rings. The quantitative estimate of drug-likeness (QED) is 0.758. The number of hydrogen-bond acceptors (Lipinski definition) is 2. The normalized spacial score (nSPS) is 12.5. The minimum absolute atomic E-state index is 0.0984. The molecule has 1 unspecified atom stereocenters. The van der Waals surface area contributed by atoms with Crippen LogP contribution in [0.25, 0.3) is 0 Å². The number of amides is 1. The predicted molar refractivity (Wildman–Crippen MR) is 79.1 cm³/mol. The van der Waals surface area contributed by atoms with Crippen LogP contribution in [0.5, 0.6) is 0 Å². The summed E-state index contributed by atoms with van der Waals surface area (Å²) in [6.07, 6.45) is 2.65. The molecule has 1 amide bonds. The lowest BCUT2D eigenvalue weighted by Gasteiger charge is -2.22. The Hall–Kier alpha value is -0.960. The third-order valence-electron chi connectivity index (χ3n) is 3.45. The molecule has 1 aromatic carbocycles. The summed E-state index contributed by atoms with van der Waals surface area (Å²) in [5.41, 5.74) is 1.03. The molecule has 0 heterocycles.